The van der Waals surface area contributed by atoms with Crippen molar-refractivity contribution in [3.8, 4) is 0 Å². The molecule has 3 aromatic heterocycles. The highest BCUT2D eigenvalue weighted by molar-refractivity contribution is 5.76. The van der Waals surface area contributed by atoms with Crippen LogP contribution in [0.25, 0.3) is 0 Å². The number of aromatic nitrogens is 3. The van der Waals surface area contributed by atoms with Crippen molar-refractivity contribution in [2.45, 2.75) is 79.1 Å². The van der Waals surface area contributed by atoms with E-state index >= 15 is 0 Å². The fraction of sp³-hybridized carbons (Fsp3) is 0.500. The Balaban J connectivity index is 2.03. The van der Waals surface area contributed by atoms with Gasteiger partial charge in [-0.2, -0.15) is 0 Å². The third kappa shape index (κ3) is 5.52. The molecule has 7 nitrogen and oxygen atoms in total. The van der Waals surface area contributed by atoms with Crippen LogP contribution in [0.5, 0.6) is 0 Å². The Morgan fingerprint density at radius 1 is 0.629 bits per heavy atom. The van der Waals surface area contributed by atoms with Crippen molar-refractivity contribution in [2.75, 3.05) is 13.2 Å². The molecule has 0 aromatic carbocycles. The van der Waals surface area contributed by atoms with Crippen LogP contribution in [0.3, 0.4) is 0 Å². The number of hydrogen-bond donors (Lipinski definition) is 5. The predicted molar refractivity (Wildman–Crippen MR) is 138 cm³/mol. The number of carbonyl (C=O) groups excluding carboxylic acids is 2. The van der Waals surface area contributed by atoms with Crippen LogP contribution < -0.4 is 0 Å². The molecule has 0 atom stereocenters. The molecule has 0 radical (unpaired) electrons. The van der Waals surface area contributed by atoms with Gasteiger partial charge in [-0.3, -0.25) is 9.59 Å². The lowest BCUT2D eigenvalue weighted by atomic mass is 9.97. The lowest BCUT2D eigenvalue weighted by Gasteiger charge is -2.07. The van der Waals surface area contributed by atoms with Gasteiger partial charge in [-0.15, -0.1) is 0 Å². The third-order valence-electron chi connectivity index (χ3n) is 7.24. The molecule has 7 heteroatoms. The predicted octanol–water partition coefficient (Wildman–Crippen LogP) is 4.07. The number of aliphatic hydroxyl groups is 2. The number of carbonyl (C=O) groups is 2. The van der Waals surface area contributed by atoms with Gasteiger partial charge in [0.05, 0.1) is 11.4 Å². The molecular weight excluding hydrogens is 442 g/mol. The number of nitrogens with one attached hydrogen (secondary N) is 3. The molecule has 35 heavy (non-hydrogen) atoms. The van der Waals surface area contributed by atoms with Crippen molar-refractivity contribution in [1.82, 2.24) is 15.0 Å². The number of aromatic amines is 3. The number of hydrogen-bond acceptors (Lipinski definition) is 4. The summed E-state index contributed by atoms with van der Waals surface area (Å²) in [6, 6.07) is 0. The summed E-state index contributed by atoms with van der Waals surface area (Å²) in [6.07, 6.45) is 7.50. The van der Waals surface area contributed by atoms with Crippen molar-refractivity contribution in [3.05, 3.63) is 67.5 Å². The highest BCUT2D eigenvalue weighted by Gasteiger charge is 2.21. The van der Waals surface area contributed by atoms with Gasteiger partial charge in [0.2, 0.25) is 0 Å². The van der Waals surface area contributed by atoms with Crippen molar-refractivity contribution in [1.29, 1.82) is 0 Å². The molecule has 0 saturated heterocycles. The second kappa shape index (κ2) is 12.2. The molecule has 0 fully saturated rings. The summed E-state index contributed by atoms with van der Waals surface area (Å²) in [5, 5.41) is 18.8. The number of H-pyrrole nitrogens is 3. The largest absolute Gasteiger partial charge is 0.396 e. The highest BCUT2D eigenvalue weighted by Crippen LogP contribution is 2.29. The van der Waals surface area contributed by atoms with Crippen molar-refractivity contribution < 1.29 is 19.8 Å². The maximum absolute atomic E-state index is 11.6. The summed E-state index contributed by atoms with van der Waals surface area (Å²) in [5.74, 6) is 0. The molecule has 0 bridgehead atoms. The Morgan fingerprint density at radius 2 is 1.11 bits per heavy atom. The van der Waals surface area contributed by atoms with Gasteiger partial charge in [0.15, 0.2) is 12.6 Å². The lowest BCUT2D eigenvalue weighted by Crippen LogP contribution is -2.00. The van der Waals surface area contributed by atoms with Crippen LogP contribution in [0.15, 0.2) is 0 Å². The zero-order valence-corrected chi connectivity index (χ0v) is 21.4. The topological polar surface area (TPSA) is 122 Å². The van der Waals surface area contributed by atoms with Crippen molar-refractivity contribution in [3.63, 3.8) is 0 Å². The molecule has 0 unspecified atom stereocenters. The average Bonchev–Trinajstić information content (AvgIpc) is 3.47. The zero-order valence-electron chi connectivity index (χ0n) is 21.4. The van der Waals surface area contributed by atoms with Crippen LogP contribution >= 0.6 is 0 Å². The van der Waals surface area contributed by atoms with Crippen LogP contribution in [-0.2, 0) is 38.5 Å². The van der Waals surface area contributed by atoms with Gasteiger partial charge < -0.3 is 25.2 Å². The fourth-order valence-corrected chi connectivity index (χ4v) is 5.36. The molecule has 3 heterocycles. The Labute approximate surface area is 207 Å². The summed E-state index contributed by atoms with van der Waals surface area (Å²) < 4.78 is 0. The fourth-order valence-electron chi connectivity index (χ4n) is 5.36. The monoisotopic (exact) mass is 481 g/mol. The third-order valence-corrected chi connectivity index (χ3v) is 7.24. The Bertz CT molecular complexity index is 1170. The van der Waals surface area contributed by atoms with E-state index in [1.807, 2.05) is 6.92 Å². The maximum Gasteiger partial charge on any atom is 0.166 e. The van der Waals surface area contributed by atoms with E-state index < -0.39 is 0 Å². The van der Waals surface area contributed by atoms with E-state index in [0.717, 1.165) is 76.9 Å². The SMILES string of the molecule is CCc1c(C=O)[nH]c(Cc2[nH]c(Cc3[nH]c(C=O)c(C)c3CCCO)c(C)c2CCCO)c1CC. The molecule has 0 spiro atoms. The minimum absolute atomic E-state index is 0.107. The summed E-state index contributed by atoms with van der Waals surface area (Å²) >= 11 is 0. The molecule has 0 aliphatic heterocycles. The number of aldehydes is 2. The van der Waals surface area contributed by atoms with Gasteiger partial charge in [-0.05, 0) is 85.8 Å². The Kier molecular flexibility index (Phi) is 9.29. The van der Waals surface area contributed by atoms with Crippen molar-refractivity contribution in [2.24, 2.45) is 0 Å². The molecular formula is C28H39N3O4. The molecule has 3 aromatic rings. The smallest absolute Gasteiger partial charge is 0.166 e. The average molecular weight is 482 g/mol. The van der Waals surface area contributed by atoms with E-state index in [9.17, 15) is 19.8 Å². The molecule has 0 amide bonds. The molecule has 190 valence electrons. The van der Waals surface area contributed by atoms with Gasteiger partial charge >= 0.3 is 0 Å². The summed E-state index contributed by atoms with van der Waals surface area (Å²) in [7, 11) is 0. The van der Waals surface area contributed by atoms with Crippen LogP contribution in [0.2, 0.25) is 0 Å². The maximum atomic E-state index is 11.6. The van der Waals surface area contributed by atoms with E-state index in [4.69, 9.17) is 0 Å². The van der Waals surface area contributed by atoms with Crippen LogP contribution in [0, 0.1) is 13.8 Å². The molecule has 0 saturated carbocycles. The summed E-state index contributed by atoms with van der Waals surface area (Å²) in [4.78, 5) is 33.5. The van der Waals surface area contributed by atoms with Gasteiger partial charge in [0, 0.05) is 48.8 Å². The van der Waals surface area contributed by atoms with Gasteiger partial charge in [-0.1, -0.05) is 13.8 Å². The summed E-state index contributed by atoms with van der Waals surface area (Å²) in [6.45, 7) is 8.48. The Hall–Kier alpha value is -2.90. The summed E-state index contributed by atoms with van der Waals surface area (Å²) in [5.41, 5.74) is 12.2. The Morgan fingerprint density at radius 3 is 1.66 bits per heavy atom. The first kappa shape index (κ1) is 26.7. The molecule has 5 N–H and O–H groups in total. The highest BCUT2D eigenvalue weighted by atomic mass is 16.3. The van der Waals surface area contributed by atoms with Gasteiger partial charge in [0.1, 0.15) is 0 Å². The zero-order chi connectivity index (χ0) is 25.5. The normalized spacial score (nSPS) is 11.4. The van der Waals surface area contributed by atoms with Gasteiger partial charge in [-0.25, -0.2) is 0 Å². The minimum atomic E-state index is 0.107. The van der Waals surface area contributed by atoms with Crippen LogP contribution in [0.1, 0.15) is 104 Å². The minimum Gasteiger partial charge on any atom is -0.396 e. The molecule has 0 aliphatic rings. The number of aliphatic hydroxyl groups excluding tert-OH is 2. The van der Waals surface area contributed by atoms with Crippen molar-refractivity contribution >= 4 is 12.6 Å². The molecule has 0 aliphatic carbocycles. The first-order chi connectivity index (χ1) is 16.9. The first-order valence-corrected chi connectivity index (χ1v) is 12.7. The van der Waals surface area contributed by atoms with Gasteiger partial charge in [0.25, 0.3) is 0 Å². The van der Waals surface area contributed by atoms with E-state index in [1.165, 1.54) is 11.1 Å². The van der Waals surface area contributed by atoms with Crippen LogP contribution in [-0.4, -0.2) is 51.0 Å². The first-order valence-electron chi connectivity index (χ1n) is 12.7. The van der Waals surface area contributed by atoms with E-state index in [1.54, 1.807) is 0 Å². The van der Waals surface area contributed by atoms with E-state index in [0.29, 0.717) is 43.5 Å². The quantitative estimate of drug-likeness (QED) is 0.223. The van der Waals surface area contributed by atoms with E-state index in [-0.39, 0.29) is 13.2 Å². The second-order valence-corrected chi connectivity index (χ2v) is 9.23. The number of rotatable bonds is 14. The van der Waals surface area contributed by atoms with Crippen LogP contribution in [0.4, 0.5) is 0 Å². The molecule has 3 rings (SSSR count). The lowest BCUT2D eigenvalue weighted by molar-refractivity contribution is 0.111. The van der Waals surface area contributed by atoms with E-state index in [2.05, 4.69) is 35.7 Å². The second-order valence-electron chi connectivity index (χ2n) is 9.23. The standard InChI is InChI=1S/C28H39N3O4/c1-5-19-20(6-2)28(16-35)31-24(19)14-26-21(9-7-11-32)17(3)23(29-26)13-25-22(10-8-12-33)18(4)27(15-34)30-25/h15-16,29-33H,5-14H2,1-4H3.